The van der Waals surface area contributed by atoms with E-state index < -0.39 is 65.5 Å². The Labute approximate surface area is 220 Å². The van der Waals surface area contributed by atoms with Gasteiger partial charge < -0.3 is 20.3 Å². The number of hydrogen-bond donors (Lipinski definition) is 2. The van der Waals surface area contributed by atoms with Crippen molar-refractivity contribution in [2.45, 2.75) is 19.1 Å². The van der Waals surface area contributed by atoms with E-state index in [0.29, 0.717) is 12.3 Å². The van der Waals surface area contributed by atoms with Crippen molar-refractivity contribution in [2.75, 3.05) is 25.1 Å². The molecule has 0 spiro atoms. The highest BCUT2D eigenvalue weighted by molar-refractivity contribution is 6.16. The smallest absolute Gasteiger partial charge is 0.258 e. The molecule has 0 aliphatic carbocycles. The van der Waals surface area contributed by atoms with E-state index in [0.717, 1.165) is 16.8 Å². The fourth-order valence-electron chi connectivity index (χ4n) is 4.02. The molecular formula is C27H23F5N4O3. The molecule has 39 heavy (non-hydrogen) atoms. The normalized spacial score (nSPS) is 15.5. The van der Waals surface area contributed by atoms with Gasteiger partial charge in [-0.3, -0.25) is 14.6 Å². The second kappa shape index (κ2) is 11.5. The van der Waals surface area contributed by atoms with E-state index in [2.05, 4.69) is 15.4 Å². The van der Waals surface area contributed by atoms with Crippen molar-refractivity contribution < 1.29 is 36.3 Å². The standard InChI is InChI=1S/C27H23F5N4O3/c1-14(33-19(37)13-39-26-23(31)21(29)20(28)22(30)24(26)32)27(38)35-18-12-36(2)17-11-7-6-10-16(17)25(34-18)15-8-4-3-5-9-15/h3-11,14,18H,12-13H2,1-2H3,(H,33,37)(H,35,38)/t14-,18+/m0/s1. The first-order valence-corrected chi connectivity index (χ1v) is 11.8. The molecule has 1 heterocycles. The summed E-state index contributed by atoms with van der Waals surface area (Å²) in [7, 11) is 1.85. The lowest BCUT2D eigenvalue weighted by atomic mass is 10.0. The van der Waals surface area contributed by atoms with Crippen LogP contribution in [-0.2, 0) is 9.59 Å². The van der Waals surface area contributed by atoms with Crippen LogP contribution < -0.4 is 20.3 Å². The topological polar surface area (TPSA) is 83.0 Å². The first kappa shape index (κ1) is 27.6. The number of carbonyl (C=O) groups excluding carboxylic acids is 2. The number of benzene rings is 3. The third kappa shape index (κ3) is 5.84. The van der Waals surface area contributed by atoms with Crippen molar-refractivity contribution in [3.63, 3.8) is 0 Å². The van der Waals surface area contributed by atoms with Crippen molar-refractivity contribution in [3.8, 4) is 5.75 Å². The zero-order valence-electron chi connectivity index (χ0n) is 20.8. The van der Waals surface area contributed by atoms with Gasteiger partial charge in [-0.15, -0.1) is 0 Å². The highest BCUT2D eigenvalue weighted by atomic mass is 19.2. The Morgan fingerprint density at radius 3 is 2.21 bits per heavy atom. The van der Waals surface area contributed by atoms with E-state index in [1.807, 2.05) is 66.5 Å². The molecule has 204 valence electrons. The van der Waals surface area contributed by atoms with E-state index in [1.165, 1.54) is 6.92 Å². The number of aliphatic imine (C=N–C) groups is 1. The quantitative estimate of drug-likeness (QED) is 0.269. The van der Waals surface area contributed by atoms with Gasteiger partial charge in [-0.05, 0) is 13.0 Å². The predicted octanol–water partition coefficient (Wildman–Crippen LogP) is 3.70. The van der Waals surface area contributed by atoms with Crippen molar-refractivity contribution in [1.29, 1.82) is 0 Å². The summed E-state index contributed by atoms with van der Waals surface area (Å²) >= 11 is 0. The Morgan fingerprint density at radius 1 is 0.949 bits per heavy atom. The maximum Gasteiger partial charge on any atom is 0.258 e. The fraction of sp³-hybridized carbons (Fsp3) is 0.222. The monoisotopic (exact) mass is 546 g/mol. The molecule has 1 aliphatic rings. The second-order valence-corrected chi connectivity index (χ2v) is 8.74. The summed E-state index contributed by atoms with van der Waals surface area (Å²) < 4.78 is 71.9. The molecule has 3 aromatic carbocycles. The summed E-state index contributed by atoms with van der Waals surface area (Å²) in [6, 6.07) is 15.9. The van der Waals surface area contributed by atoms with Crippen LogP contribution in [0.5, 0.6) is 5.75 Å². The van der Waals surface area contributed by atoms with Gasteiger partial charge in [-0.2, -0.15) is 8.78 Å². The number of halogens is 5. The van der Waals surface area contributed by atoms with Gasteiger partial charge in [0.15, 0.2) is 12.4 Å². The lowest BCUT2D eigenvalue weighted by molar-refractivity contribution is -0.130. The lowest BCUT2D eigenvalue weighted by Gasteiger charge is -2.24. The van der Waals surface area contributed by atoms with E-state index in [9.17, 15) is 31.5 Å². The van der Waals surface area contributed by atoms with E-state index in [1.54, 1.807) is 0 Å². The third-order valence-corrected chi connectivity index (χ3v) is 5.95. The average molecular weight is 546 g/mol. The third-order valence-electron chi connectivity index (χ3n) is 5.95. The molecule has 12 heteroatoms. The van der Waals surface area contributed by atoms with Crippen LogP contribution in [-0.4, -0.2) is 49.9 Å². The van der Waals surface area contributed by atoms with E-state index >= 15 is 0 Å². The number of anilines is 1. The SMILES string of the molecule is C[C@H](NC(=O)COc1c(F)c(F)c(F)c(F)c1F)C(=O)N[C@@H]1CN(C)c2ccccc2C(c2ccccc2)=N1. The summed E-state index contributed by atoms with van der Waals surface area (Å²) in [4.78, 5) is 31.8. The molecule has 0 saturated heterocycles. The Bertz CT molecular complexity index is 1410. The van der Waals surface area contributed by atoms with Gasteiger partial charge >= 0.3 is 0 Å². The van der Waals surface area contributed by atoms with Gasteiger partial charge in [-0.25, -0.2) is 13.2 Å². The molecular weight excluding hydrogens is 523 g/mol. The number of fused-ring (bicyclic) bond motifs is 1. The molecule has 3 aromatic rings. The molecule has 0 saturated carbocycles. The Balaban J connectivity index is 1.44. The number of nitrogens with one attached hydrogen (secondary N) is 2. The highest BCUT2D eigenvalue weighted by Crippen LogP contribution is 2.29. The van der Waals surface area contributed by atoms with Gasteiger partial charge in [0, 0.05) is 23.9 Å². The summed E-state index contributed by atoms with van der Waals surface area (Å²) in [5.41, 5.74) is 3.28. The number of para-hydroxylation sites is 1. The molecule has 0 bridgehead atoms. The molecule has 2 atom stereocenters. The van der Waals surface area contributed by atoms with Crippen molar-refractivity contribution >= 4 is 23.2 Å². The van der Waals surface area contributed by atoms with Crippen LogP contribution >= 0.6 is 0 Å². The second-order valence-electron chi connectivity index (χ2n) is 8.74. The van der Waals surface area contributed by atoms with E-state index in [-0.39, 0.29) is 0 Å². The summed E-state index contributed by atoms with van der Waals surface area (Å²) in [6.07, 6.45) is -0.714. The molecule has 2 N–H and O–H groups in total. The minimum atomic E-state index is -2.35. The number of benzodiazepines with no additional fused rings is 1. The van der Waals surface area contributed by atoms with Gasteiger partial charge in [0.25, 0.3) is 5.91 Å². The van der Waals surface area contributed by atoms with E-state index in [4.69, 9.17) is 4.99 Å². The van der Waals surface area contributed by atoms with Gasteiger partial charge in [0.05, 0.1) is 12.3 Å². The Kier molecular flexibility index (Phi) is 8.12. The van der Waals surface area contributed by atoms with Gasteiger partial charge in [0.2, 0.25) is 35.0 Å². The van der Waals surface area contributed by atoms with Gasteiger partial charge in [0.1, 0.15) is 12.2 Å². The number of ether oxygens (including phenoxy) is 1. The largest absolute Gasteiger partial charge is 0.477 e. The zero-order chi connectivity index (χ0) is 28.3. The van der Waals surface area contributed by atoms with Crippen LogP contribution in [0.25, 0.3) is 0 Å². The lowest BCUT2D eigenvalue weighted by Crippen LogP contribution is -2.50. The van der Waals surface area contributed by atoms with Crippen LogP contribution in [0.1, 0.15) is 18.1 Å². The minimum Gasteiger partial charge on any atom is -0.477 e. The zero-order valence-corrected chi connectivity index (χ0v) is 20.8. The van der Waals surface area contributed by atoms with Gasteiger partial charge in [-0.1, -0.05) is 48.5 Å². The summed E-state index contributed by atoms with van der Waals surface area (Å²) in [6.45, 7) is 0.555. The van der Waals surface area contributed by atoms with Crippen LogP contribution in [0.4, 0.5) is 27.6 Å². The van der Waals surface area contributed by atoms with Crippen LogP contribution in [0.2, 0.25) is 0 Å². The average Bonchev–Trinajstić information content (AvgIpc) is 3.07. The van der Waals surface area contributed by atoms with Crippen LogP contribution in [0.15, 0.2) is 59.6 Å². The minimum absolute atomic E-state index is 0.309. The number of hydrogen-bond acceptors (Lipinski definition) is 5. The number of carbonyl (C=O) groups is 2. The maximum absolute atomic E-state index is 13.8. The van der Waals surface area contributed by atoms with Crippen LogP contribution in [0.3, 0.4) is 0 Å². The Morgan fingerprint density at radius 2 is 1.54 bits per heavy atom. The Hall–Kier alpha value is -4.48. The molecule has 2 amide bonds. The number of likely N-dealkylation sites (N-methyl/N-ethyl adjacent to an activating group) is 1. The summed E-state index contributed by atoms with van der Waals surface area (Å²) in [5.74, 6) is -14.4. The molecule has 1 aliphatic heterocycles. The number of amides is 2. The fourth-order valence-corrected chi connectivity index (χ4v) is 4.02. The first-order valence-electron chi connectivity index (χ1n) is 11.8. The van der Waals surface area contributed by atoms with Crippen molar-refractivity contribution in [3.05, 3.63) is 94.8 Å². The summed E-state index contributed by atoms with van der Waals surface area (Å²) in [5, 5.41) is 5.02. The number of rotatable bonds is 7. The highest BCUT2D eigenvalue weighted by Gasteiger charge is 2.29. The first-order chi connectivity index (χ1) is 18.6. The molecule has 7 nitrogen and oxygen atoms in total. The maximum atomic E-state index is 13.8. The predicted molar refractivity (Wildman–Crippen MR) is 133 cm³/mol. The number of nitrogens with zero attached hydrogens (tertiary/aromatic N) is 2. The molecule has 0 fully saturated rings. The van der Waals surface area contributed by atoms with Crippen LogP contribution in [0, 0.1) is 29.1 Å². The molecule has 0 aromatic heterocycles. The molecule has 0 unspecified atom stereocenters. The molecule has 4 rings (SSSR count). The van der Waals surface area contributed by atoms with Crippen molar-refractivity contribution in [1.82, 2.24) is 10.6 Å². The van der Waals surface area contributed by atoms with Crippen molar-refractivity contribution in [2.24, 2.45) is 4.99 Å². The molecule has 0 radical (unpaired) electrons.